The molecule has 0 saturated heterocycles. The lowest BCUT2D eigenvalue weighted by Gasteiger charge is -1.98. The van der Waals surface area contributed by atoms with E-state index in [1.165, 1.54) is 12.3 Å². The molecule has 0 aliphatic carbocycles. The van der Waals surface area contributed by atoms with Crippen LogP contribution < -0.4 is 5.73 Å². The largest absolute Gasteiger partial charge is 0.424 e. The highest BCUT2D eigenvalue weighted by atomic mass is 19.1. The number of aryl methyl sites for hydroxylation is 1. The molecule has 1 aromatic carbocycles. The maximum Gasteiger partial charge on any atom is 0.292 e. The Morgan fingerprint density at radius 3 is 2.79 bits per heavy atom. The predicted molar refractivity (Wildman–Crippen MR) is 51.0 cm³/mol. The molecule has 0 atom stereocenters. The number of anilines is 1. The van der Waals surface area contributed by atoms with E-state index in [2.05, 4.69) is 4.98 Å². The van der Waals surface area contributed by atoms with Gasteiger partial charge in [0, 0.05) is 5.56 Å². The number of benzene rings is 1. The van der Waals surface area contributed by atoms with E-state index in [1.54, 1.807) is 19.1 Å². The Morgan fingerprint density at radius 1 is 1.43 bits per heavy atom. The summed E-state index contributed by atoms with van der Waals surface area (Å²) in [6.45, 7) is 1.69. The summed E-state index contributed by atoms with van der Waals surface area (Å²) in [7, 11) is 0. The number of oxazole rings is 1. The van der Waals surface area contributed by atoms with Crippen LogP contribution in [-0.2, 0) is 0 Å². The molecule has 1 aromatic heterocycles. The van der Waals surface area contributed by atoms with Crippen molar-refractivity contribution in [3.8, 4) is 11.3 Å². The summed E-state index contributed by atoms with van der Waals surface area (Å²) in [6.07, 6.45) is 1.52. The number of nitrogens with two attached hydrogens (primary N) is 1. The van der Waals surface area contributed by atoms with Crippen LogP contribution in [0.15, 0.2) is 28.8 Å². The van der Waals surface area contributed by atoms with Gasteiger partial charge in [0.25, 0.3) is 6.01 Å². The molecule has 0 bridgehead atoms. The first-order valence-corrected chi connectivity index (χ1v) is 4.14. The second kappa shape index (κ2) is 3.14. The lowest BCUT2D eigenvalue weighted by Crippen LogP contribution is -1.83. The van der Waals surface area contributed by atoms with Gasteiger partial charge < -0.3 is 10.2 Å². The zero-order valence-corrected chi connectivity index (χ0v) is 7.62. The molecule has 1 heterocycles. The fourth-order valence-electron chi connectivity index (χ4n) is 1.22. The molecular weight excluding hydrogens is 183 g/mol. The summed E-state index contributed by atoms with van der Waals surface area (Å²) in [5.41, 5.74) is 6.67. The number of hydrogen-bond donors (Lipinski definition) is 1. The van der Waals surface area contributed by atoms with Crippen LogP contribution in [0, 0.1) is 12.7 Å². The summed E-state index contributed by atoms with van der Waals surface area (Å²) in [5.74, 6) is 0.312. The van der Waals surface area contributed by atoms with E-state index in [0.29, 0.717) is 11.3 Å². The zero-order valence-electron chi connectivity index (χ0n) is 7.62. The van der Waals surface area contributed by atoms with Gasteiger partial charge in [0.1, 0.15) is 5.82 Å². The molecule has 14 heavy (non-hydrogen) atoms. The minimum Gasteiger partial charge on any atom is -0.424 e. The molecule has 0 spiro atoms. The first kappa shape index (κ1) is 8.74. The maximum absolute atomic E-state index is 12.9. The van der Waals surface area contributed by atoms with Crippen molar-refractivity contribution < 1.29 is 8.81 Å². The molecule has 3 nitrogen and oxygen atoms in total. The molecule has 2 aromatic rings. The van der Waals surface area contributed by atoms with Crippen LogP contribution in [0.5, 0.6) is 0 Å². The molecule has 0 amide bonds. The Hall–Kier alpha value is -1.84. The van der Waals surface area contributed by atoms with Crippen LogP contribution in [0.3, 0.4) is 0 Å². The average Bonchev–Trinajstić information content (AvgIpc) is 2.57. The molecule has 2 N–H and O–H groups in total. The molecule has 0 aliphatic heterocycles. The molecular formula is C10H9FN2O. The summed E-state index contributed by atoms with van der Waals surface area (Å²) in [4.78, 5) is 3.76. The number of halogens is 1. The van der Waals surface area contributed by atoms with Crippen LogP contribution in [0.25, 0.3) is 11.3 Å². The third-order valence-corrected chi connectivity index (χ3v) is 1.97. The summed E-state index contributed by atoms with van der Waals surface area (Å²) < 4.78 is 18.1. The Balaban J connectivity index is 2.47. The first-order chi connectivity index (χ1) is 6.66. The highest BCUT2D eigenvalue weighted by Gasteiger charge is 2.05. The lowest BCUT2D eigenvalue weighted by molar-refractivity contribution is 0.593. The fourth-order valence-corrected chi connectivity index (χ4v) is 1.22. The quantitative estimate of drug-likeness (QED) is 0.754. The van der Waals surface area contributed by atoms with Crippen LogP contribution in [0.2, 0.25) is 0 Å². The van der Waals surface area contributed by atoms with Crippen molar-refractivity contribution in [1.82, 2.24) is 4.98 Å². The van der Waals surface area contributed by atoms with Gasteiger partial charge in [-0.25, -0.2) is 9.37 Å². The number of rotatable bonds is 1. The van der Waals surface area contributed by atoms with Crippen molar-refractivity contribution >= 4 is 6.01 Å². The highest BCUT2D eigenvalue weighted by Crippen LogP contribution is 2.23. The standard InChI is InChI=1S/C10H9FN2O/c1-6-4-7(2-3-8(6)11)9-5-13-10(12)14-9/h2-5H,1H3,(H2,12,13). The van der Waals surface area contributed by atoms with Crippen molar-refractivity contribution in [3.63, 3.8) is 0 Å². The smallest absolute Gasteiger partial charge is 0.292 e. The third-order valence-electron chi connectivity index (χ3n) is 1.97. The van der Waals surface area contributed by atoms with E-state index in [4.69, 9.17) is 10.2 Å². The summed E-state index contributed by atoms with van der Waals surface area (Å²) in [5, 5.41) is 0. The Kier molecular flexibility index (Phi) is 1.96. The SMILES string of the molecule is Cc1cc(-c2cnc(N)o2)ccc1F. The van der Waals surface area contributed by atoms with Gasteiger partial charge in [-0.2, -0.15) is 0 Å². The molecule has 0 radical (unpaired) electrons. The van der Waals surface area contributed by atoms with Crippen LogP contribution in [-0.4, -0.2) is 4.98 Å². The second-order valence-corrected chi connectivity index (χ2v) is 3.03. The van der Waals surface area contributed by atoms with Gasteiger partial charge in [-0.15, -0.1) is 0 Å². The summed E-state index contributed by atoms with van der Waals surface area (Å²) in [6, 6.07) is 4.82. The van der Waals surface area contributed by atoms with E-state index in [-0.39, 0.29) is 11.8 Å². The maximum atomic E-state index is 12.9. The monoisotopic (exact) mass is 192 g/mol. The van der Waals surface area contributed by atoms with Crippen molar-refractivity contribution in [2.24, 2.45) is 0 Å². The number of nitrogen functional groups attached to an aromatic ring is 1. The molecule has 2 rings (SSSR count). The van der Waals surface area contributed by atoms with E-state index < -0.39 is 0 Å². The molecule has 0 saturated carbocycles. The second-order valence-electron chi connectivity index (χ2n) is 3.03. The van der Waals surface area contributed by atoms with Crippen LogP contribution >= 0.6 is 0 Å². The molecule has 0 fully saturated rings. The van der Waals surface area contributed by atoms with E-state index in [9.17, 15) is 4.39 Å². The minimum absolute atomic E-state index is 0.113. The van der Waals surface area contributed by atoms with Crippen LogP contribution in [0.4, 0.5) is 10.4 Å². The van der Waals surface area contributed by atoms with Gasteiger partial charge in [-0.1, -0.05) is 0 Å². The van der Waals surface area contributed by atoms with Gasteiger partial charge in [0.15, 0.2) is 5.76 Å². The number of nitrogens with zero attached hydrogens (tertiary/aromatic N) is 1. The molecule has 0 aliphatic rings. The topological polar surface area (TPSA) is 52.0 Å². The van der Waals surface area contributed by atoms with E-state index >= 15 is 0 Å². The van der Waals surface area contributed by atoms with Crippen molar-refractivity contribution in [2.45, 2.75) is 6.92 Å². The fraction of sp³-hybridized carbons (Fsp3) is 0.100. The normalized spacial score (nSPS) is 10.4. The Labute approximate surface area is 80.4 Å². The van der Waals surface area contributed by atoms with Crippen molar-refractivity contribution in [3.05, 3.63) is 35.8 Å². The number of hydrogen-bond acceptors (Lipinski definition) is 3. The lowest BCUT2D eigenvalue weighted by atomic mass is 10.1. The van der Waals surface area contributed by atoms with Crippen molar-refractivity contribution in [2.75, 3.05) is 5.73 Å². The van der Waals surface area contributed by atoms with Gasteiger partial charge in [0.05, 0.1) is 6.20 Å². The van der Waals surface area contributed by atoms with Gasteiger partial charge in [0.2, 0.25) is 0 Å². The minimum atomic E-state index is -0.235. The third kappa shape index (κ3) is 1.46. The molecule has 72 valence electrons. The molecule has 4 heteroatoms. The van der Waals surface area contributed by atoms with E-state index in [0.717, 1.165) is 5.56 Å². The van der Waals surface area contributed by atoms with Gasteiger partial charge in [-0.05, 0) is 30.7 Å². The van der Waals surface area contributed by atoms with Crippen molar-refractivity contribution in [1.29, 1.82) is 0 Å². The summed E-state index contributed by atoms with van der Waals surface area (Å²) >= 11 is 0. The molecule has 0 unspecified atom stereocenters. The highest BCUT2D eigenvalue weighted by molar-refractivity contribution is 5.58. The Bertz CT molecular complexity index is 465. The number of aromatic nitrogens is 1. The first-order valence-electron chi connectivity index (χ1n) is 4.14. The average molecular weight is 192 g/mol. The zero-order chi connectivity index (χ0) is 10.1. The van der Waals surface area contributed by atoms with Gasteiger partial charge in [-0.3, -0.25) is 0 Å². The Morgan fingerprint density at radius 2 is 2.21 bits per heavy atom. The van der Waals surface area contributed by atoms with Gasteiger partial charge >= 0.3 is 0 Å². The van der Waals surface area contributed by atoms with E-state index in [1.807, 2.05) is 0 Å². The predicted octanol–water partition coefficient (Wildman–Crippen LogP) is 2.37. The van der Waals surface area contributed by atoms with Crippen LogP contribution in [0.1, 0.15) is 5.56 Å².